The predicted molar refractivity (Wildman–Crippen MR) is 106 cm³/mol. The molecule has 0 bridgehead atoms. The van der Waals surface area contributed by atoms with Crippen LogP contribution in [-0.2, 0) is 6.42 Å². The molecule has 3 rings (SSSR count). The molecule has 124 valence electrons. The van der Waals surface area contributed by atoms with E-state index in [9.17, 15) is 0 Å². The largest absolute Gasteiger partial charge is 0.331 e. The summed E-state index contributed by atoms with van der Waals surface area (Å²) >= 11 is 5.41. The molecule has 0 heterocycles. The predicted octanol–water partition coefficient (Wildman–Crippen LogP) is 4.72. The maximum Gasteiger partial charge on any atom is 0.191 e. The fourth-order valence-corrected chi connectivity index (χ4v) is 3.19. The summed E-state index contributed by atoms with van der Waals surface area (Å²) in [6, 6.07) is 14.7. The van der Waals surface area contributed by atoms with Crippen LogP contribution in [0.3, 0.4) is 0 Å². The van der Waals surface area contributed by atoms with E-state index in [1.54, 1.807) is 0 Å². The third-order valence-electron chi connectivity index (χ3n) is 4.58. The molecule has 0 saturated heterocycles. The van der Waals surface area contributed by atoms with E-state index in [4.69, 9.17) is 12.2 Å². The summed E-state index contributed by atoms with van der Waals surface area (Å²) in [5.41, 5.74) is 10.2. The Kier molecular flexibility index (Phi) is 5.26. The van der Waals surface area contributed by atoms with Gasteiger partial charge in [0, 0.05) is 11.3 Å². The van der Waals surface area contributed by atoms with Crippen LogP contribution in [0.1, 0.15) is 41.5 Å². The van der Waals surface area contributed by atoms with E-state index in [-0.39, 0.29) is 0 Å². The van der Waals surface area contributed by atoms with Gasteiger partial charge in [0.25, 0.3) is 0 Å². The second kappa shape index (κ2) is 7.58. The first kappa shape index (κ1) is 16.7. The van der Waals surface area contributed by atoms with E-state index < -0.39 is 0 Å². The Morgan fingerprint density at radius 1 is 1.00 bits per heavy atom. The molecule has 0 radical (unpaired) electrons. The summed E-state index contributed by atoms with van der Waals surface area (Å²) in [5, 5.41) is 8.36. The van der Waals surface area contributed by atoms with Crippen molar-refractivity contribution < 1.29 is 0 Å². The highest BCUT2D eigenvalue weighted by atomic mass is 32.1. The van der Waals surface area contributed by atoms with Gasteiger partial charge in [0.1, 0.15) is 0 Å². The number of nitrogens with zero attached hydrogens (tertiary/aromatic N) is 1. The van der Waals surface area contributed by atoms with Crippen LogP contribution in [0.2, 0.25) is 0 Å². The molecule has 0 atom stereocenters. The molecule has 3 nitrogen and oxygen atoms in total. The molecule has 0 amide bonds. The van der Waals surface area contributed by atoms with Gasteiger partial charge in [-0.25, -0.2) is 0 Å². The summed E-state index contributed by atoms with van der Waals surface area (Å²) in [6.07, 6.45) is 4.48. The summed E-state index contributed by atoms with van der Waals surface area (Å²) in [6.45, 7) is 4.19. The van der Waals surface area contributed by atoms with E-state index in [0.29, 0.717) is 5.11 Å². The lowest BCUT2D eigenvalue weighted by molar-refractivity contribution is 0.774. The number of thiocarbonyl (C=S) groups is 1. The number of aryl methyl sites for hydroxylation is 2. The topological polar surface area (TPSA) is 36.4 Å². The van der Waals surface area contributed by atoms with Crippen LogP contribution >= 0.6 is 12.2 Å². The van der Waals surface area contributed by atoms with Crippen molar-refractivity contribution in [2.45, 2.75) is 39.5 Å². The number of hydrogen-bond acceptors (Lipinski definition) is 2. The molecule has 24 heavy (non-hydrogen) atoms. The number of hydrogen-bond donors (Lipinski definition) is 2. The van der Waals surface area contributed by atoms with Gasteiger partial charge >= 0.3 is 0 Å². The second-order valence-electron chi connectivity index (χ2n) is 6.24. The summed E-state index contributed by atoms with van der Waals surface area (Å²) < 4.78 is 0. The van der Waals surface area contributed by atoms with Crippen LogP contribution in [-0.4, -0.2) is 10.8 Å². The highest BCUT2D eigenvalue weighted by molar-refractivity contribution is 7.80. The third-order valence-corrected chi connectivity index (χ3v) is 4.78. The van der Waals surface area contributed by atoms with E-state index in [2.05, 4.69) is 60.0 Å². The van der Waals surface area contributed by atoms with Gasteiger partial charge in [0.05, 0.1) is 5.71 Å². The zero-order valence-electron chi connectivity index (χ0n) is 14.2. The Balaban J connectivity index is 1.73. The highest BCUT2D eigenvalue weighted by Crippen LogP contribution is 2.21. The number of benzene rings is 2. The Morgan fingerprint density at radius 3 is 2.67 bits per heavy atom. The molecule has 0 saturated carbocycles. The number of fused-ring (bicyclic) bond motifs is 1. The zero-order valence-corrected chi connectivity index (χ0v) is 15.0. The lowest BCUT2D eigenvalue weighted by atomic mass is 10.0. The van der Waals surface area contributed by atoms with Gasteiger partial charge in [-0.15, -0.1) is 0 Å². The Morgan fingerprint density at radius 2 is 1.79 bits per heavy atom. The van der Waals surface area contributed by atoms with Crippen molar-refractivity contribution in [3.8, 4) is 0 Å². The number of rotatable bonds is 2. The number of hydrazone groups is 1. The van der Waals surface area contributed by atoms with Crippen LogP contribution in [0.4, 0.5) is 5.69 Å². The first-order valence-electron chi connectivity index (χ1n) is 8.43. The van der Waals surface area contributed by atoms with Gasteiger partial charge in [0.15, 0.2) is 5.11 Å². The number of nitrogens with one attached hydrogen (secondary N) is 2. The molecule has 2 aromatic rings. The molecule has 0 unspecified atom stereocenters. The van der Waals surface area contributed by atoms with Gasteiger partial charge in [-0.2, -0.15) is 5.10 Å². The molecule has 4 heteroatoms. The molecule has 2 N–H and O–H groups in total. The molecular formula is C20H23N3S. The zero-order chi connectivity index (χ0) is 16.9. The van der Waals surface area contributed by atoms with Crippen molar-refractivity contribution in [3.63, 3.8) is 0 Å². The summed E-state index contributed by atoms with van der Waals surface area (Å²) in [4.78, 5) is 0. The maximum absolute atomic E-state index is 5.41. The minimum Gasteiger partial charge on any atom is -0.331 e. The van der Waals surface area contributed by atoms with Crippen molar-refractivity contribution in [3.05, 3.63) is 64.7 Å². The number of anilines is 1. The van der Waals surface area contributed by atoms with Crippen molar-refractivity contribution >= 4 is 28.7 Å². The van der Waals surface area contributed by atoms with Crippen LogP contribution < -0.4 is 10.7 Å². The lowest BCUT2D eigenvalue weighted by Crippen LogP contribution is -2.26. The SMILES string of the molecule is Cc1cccc(NC(=S)N/N=C2/CCCCc3ccccc32)c1C. The average Bonchev–Trinajstić information content (AvgIpc) is 2.79. The standard InChI is InChI=1S/C20H23N3S/c1-14-8-7-13-18(15(14)2)21-20(24)23-22-19-12-6-4-10-16-9-3-5-11-17(16)19/h3,5,7-9,11,13H,4,6,10,12H2,1-2H3,(H2,21,23,24)/b22-19-. The maximum atomic E-state index is 5.41. The van der Waals surface area contributed by atoms with Crippen LogP contribution in [0.5, 0.6) is 0 Å². The molecule has 2 aromatic carbocycles. The van der Waals surface area contributed by atoms with Crippen LogP contribution in [0.25, 0.3) is 0 Å². The Hall–Kier alpha value is -2.20. The van der Waals surface area contributed by atoms with E-state index in [1.165, 1.54) is 28.7 Å². The molecule has 0 fully saturated rings. The van der Waals surface area contributed by atoms with Gasteiger partial charge in [-0.05, 0) is 74.5 Å². The van der Waals surface area contributed by atoms with E-state index in [0.717, 1.165) is 30.7 Å². The normalized spacial score (nSPS) is 15.5. The smallest absolute Gasteiger partial charge is 0.191 e. The fraction of sp³-hybridized carbons (Fsp3) is 0.300. The van der Waals surface area contributed by atoms with Crippen molar-refractivity contribution in [2.24, 2.45) is 5.10 Å². The lowest BCUT2D eigenvalue weighted by Gasteiger charge is -2.13. The van der Waals surface area contributed by atoms with Gasteiger partial charge in [-0.1, -0.05) is 36.4 Å². The molecule has 1 aliphatic rings. The van der Waals surface area contributed by atoms with Gasteiger partial charge in [0.2, 0.25) is 0 Å². The summed E-state index contributed by atoms with van der Waals surface area (Å²) in [7, 11) is 0. The van der Waals surface area contributed by atoms with Crippen LogP contribution in [0.15, 0.2) is 47.6 Å². The quantitative estimate of drug-likeness (QED) is 0.473. The molecule has 1 aliphatic carbocycles. The second-order valence-corrected chi connectivity index (χ2v) is 6.64. The average molecular weight is 337 g/mol. The minimum absolute atomic E-state index is 0.526. The molecule has 0 spiro atoms. The first-order valence-corrected chi connectivity index (χ1v) is 8.84. The monoisotopic (exact) mass is 337 g/mol. The van der Waals surface area contributed by atoms with Crippen LogP contribution in [0, 0.1) is 13.8 Å². The molecule has 0 aromatic heterocycles. The Bertz CT molecular complexity index is 780. The Labute approximate surface area is 149 Å². The van der Waals surface area contributed by atoms with E-state index in [1.807, 2.05) is 12.1 Å². The molecule has 0 aliphatic heterocycles. The van der Waals surface area contributed by atoms with Gasteiger partial charge in [-0.3, -0.25) is 5.43 Å². The fourth-order valence-electron chi connectivity index (χ4n) is 3.03. The first-order chi connectivity index (χ1) is 11.6. The van der Waals surface area contributed by atoms with Gasteiger partial charge < -0.3 is 5.32 Å². The highest BCUT2D eigenvalue weighted by Gasteiger charge is 2.13. The molecular weight excluding hydrogens is 314 g/mol. The minimum atomic E-state index is 0.526. The van der Waals surface area contributed by atoms with Crippen molar-refractivity contribution in [2.75, 3.05) is 5.32 Å². The van der Waals surface area contributed by atoms with E-state index >= 15 is 0 Å². The van der Waals surface area contributed by atoms with Crippen molar-refractivity contribution in [1.29, 1.82) is 0 Å². The summed E-state index contributed by atoms with van der Waals surface area (Å²) in [5.74, 6) is 0. The third kappa shape index (κ3) is 3.82. The van der Waals surface area contributed by atoms with Crippen molar-refractivity contribution in [1.82, 2.24) is 5.43 Å².